The number of esters is 1. The minimum Gasteiger partial charge on any atom is -0.466 e. The van der Waals surface area contributed by atoms with Crippen molar-refractivity contribution >= 4 is 23.0 Å². The van der Waals surface area contributed by atoms with Crippen LogP contribution in [0.1, 0.15) is 67.7 Å². The molecule has 0 aromatic rings. The van der Waals surface area contributed by atoms with Gasteiger partial charge in [0, 0.05) is 32.4 Å². The van der Waals surface area contributed by atoms with Gasteiger partial charge in [0.25, 0.3) is 0 Å². The Morgan fingerprint density at radius 3 is 1.66 bits per heavy atom. The third-order valence-electron chi connectivity index (χ3n) is 5.79. The summed E-state index contributed by atoms with van der Waals surface area (Å²) in [6.45, 7) is 19.0. The van der Waals surface area contributed by atoms with Crippen LogP contribution in [0.2, 0.25) is 24.2 Å². The predicted molar refractivity (Wildman–Crippen MR) is 125 cm³/mol. The van der Waals surface area contributed by atoms with Gasteiger partial charge in [-0.25, -0.2) is 0 Å². The zero-order valence-electron chi connectivity index (χ0n) is 20.2. The number of carbonyl (C=O) groups is 1. The van der Waals surface area contributed by atoms with Crippen LogP contribution in [0, 0.1) is 0 Å². The maximum atomic E-state index is 11.9. The van der Waals surface area contributed by atoms with E-state index < -0.39 is 17.0 Å². The summed E-state index contributed by atoms with van der Waals surface area (Å²) in [5.74, 6) is -0.0841. The molecule has 0 aromatic heterocycles. The van der Waals surface area contributed by atoms with Gasteiger partial charge in [-0.1, -0.05) is 20.8 Å². The highest BCUT2D eigenvalue weighted by atomic mass is 28.4. The lowest BCUT2D eigenvalue weighted by atomic mass is 10.3. The van der Waals surface area contributed by atoms with Crippen LogP contribution in [0.15, 0.2) is 0 Å². The van der Waals surface area contributed by atoms with Gasteiger partial charge in [0.05, 0.1) is 13.0 Å². The van der Waals surface area contributed by atoms with Crippen LogP contribution in [0.5, 0.6) is 0 Å². The zero-order chi connectivity index (χ0) is 22.2. The molecule has 174 valence electrons. The molecule has 0 saturated carbocycles. The minimum absolute atomic E-state index is 0.0841. The Morgan fingerprint density at radius 1 is 0.724 bits per heavy atom. The van der Waals surface area contributed by atoms with E-state index in [4.69, 9.17) is 18.0 Å². The van der Waals surface area contributed by atoms with E-state index in [1.54, 1.807) is 0 Å². The molecule has 6 nitrogen and oxygen atoms in total. The van der Waals surface area contributed by atoms with Gasteiger partial charge in [0.1, 0.15) is 8.24 Å². The summed E-state index contributed by atoms with van der Waals surface area (Å²) in [6.07, 6.45) is 2.57. The van der Waals surface area contributed by atoms with Crippen molar-refractivity contribution in [3.8, 4) is 0 Å². The van der Waals surface area contributed by atoms with E-state index in [1.807, 2.05) is 27.7 Å². The third-order valence-corrected chi connectivity index (χ3v) is 14.7. The summed E-state index contributed by atoms with van der Waals surface area (Å²) in [5, 5.41) is 0. The molecule has 0 spiro atoms. The standard InChI is InChI=1S/C21H47NO5Si2/c1-8-24-21(23)17-19-22(28(12-5,13-6)14-7)18-15-16-20-29(25-9-2,26-10-3)27-11-4/h8-20H2,1-7H3. The Hall–Kier alpha value is -0.256. The van der Waals surface area contributed by atoms with E-state index in [0.29, 0.717) is 32.8 Å². The summed E-state index contributed by atoms with van der Waals surface area (Å²) in [5.41, 5.74) is 0. The molecule has 0 N–H and O–H groups in total. The Morgan fingerprint density at radius 2 is 1.24 bits per heavy atom. The molecule has 0 atom stereocenters. The number of unbranched alkanes of at least 4 members (excludes halogenated alkanes) is 1. The van der Waals surface area contributed by atoms with Crippen LogP contribution < -0.4 is 0 Å². The number of hydrogen-bond acceptors (Lipinski definition) is 6. The molecule has 0 fully saturated rings. The second-order valence-electron chi connectivity index (χ2n) is 7.27. The van der Waals surface area contributed by atoms with Gasteiger partial charge in [-0.3, -0.25) is 4.79 Å². The lowest BCUT2D eigenvalue weighted by molar-refractivity contribution is -0.143. The first-order valence-corrected chi connectivity index (χ1v) is 16.2. The summed E-state index contributed by atoms with van der Waals surface area (Å²) < 4.78 is 25.8. The van der Waals surface area contributed by atoms with Crippen LogP contribution in [0.25, 0.3) is 0 Å². The molecule has 0 bridgehead atoms. The number of hydrogen-bond donors (Lipinski definition) is 0. The maximum absolute atomic E-state index is 11.9. The van der Waals surface area contributed by atoms with Gasteiger partial charge < -0.3 is 22.6 Å². The fourth-order valence-electron chi connectivity index (χ4n) is 4.11. The van der Waals surface area contributed by atoms with E-state index in [2.05, 4.69) is 25.3 Å². The molecule has 0 rings (SSSR count). The lowest BCUT2D eigenvalue weighted by Crippen LogP contribution is -2.53. The lowest BCUT2D eigenvalue weighted by Gasteiger charge is -2.41. The molecule has 0 aliphatic heterocycles. The molecule has 0 unspecified atom stereocenters. The van der Waals surface area contributed by atoms with Gasteiger partial charge >= 0.3 is 14.8 Å². The molecule has 0 radical (unpaired) electrons. The van der Waals surface area contributed by atoms with E-state index >= 15 is 0 Å². The normalized spacial score (nSPS) is 12.6. The molecule has 8 heteroatoms. The zero-order valence-corrected chi connectivity index (χ0v) is 22.2. The van der Waals surface area contributed by atoms with Gasteiger partial charge in [-0.15, -0.1) is 0 Å². The van der Waals surface area contributed by atoms with Crippen LogP contribution in [-0.4, -0.2) is 67.1 Å². The Kier molecular flexibility index (Phi) is 16.3. The van der Waals surface area contributed by atoms with Crippen molar-refractivity contribution in [1.82, 2.24) is 4.57 Å². The fourth-order valence-corrected chi connectivity index (χ4v) is 10.9. The molecular formula is C21H47NO5Si2. The first kappa shape index (κ1) is 28.7. The van der Waals surface area contributed by atoms with Crippen molar-refractivity contribution in [3.05, 3.63) is 0 Å². The molecule has 0 aliphatic carbocycles. The van der Waals surface area contributed by atoms with Crippen LogP contribution in [0.3, 0.4) is 0 Å². The highest BCUT2D eigenvalue weighted by molar-refractivity contribution is 6.77. The smallest absolute Gasteiger partial charge is 0.466 e. The van der Waals surface area contributed by atoms with Gasteiger partial charge in [-0.05, 0) is 65.2 Å². The second kappa shape index (κ2) is 16.4. The fraction of sp³-hybridized carbons (Fsp3) is 0.952. The molecule has 0 aromatic carbocycles. The summed E-state index contributed by atoms with van der Waals surface area (Å²) >= 11 is 0. The van der Waals surface area contributed by atoms with Gasteiger partial charge in [0.2, 0.25) is 0 Å². The molecule has 0 heterocycles. The first-order valence-electron chi connectivity index (χ1n) is 11.7. The van der Waals surface area contributed by atoms with Crippen LogP contribution in [0.4, 0.5) is 0 Å². The number of nitrogens with zero attached hydrogens (tertiary/aromatic N) is 1. The topological polar surface area (TPSA) is 57.2 Å². The van der Waals surface area contributed by atoms with Crippen molar-refractivity contribution < 1.29 is 22.8 Å². The van der Waals surface area contributed by atoms with Crippen molar-refractivity contribution in [2.45, 2.75) is 91.9 Å². The van der Waals surface area contributed by atoms with E-state index in [1.165, 1.54) is 18.1 Å². The number of carbonyl (C=O) groups excluding carboxylic acids is 1. The quantitative estimate of drug-likeness (QED) is 0.156. The molecule has 0 amide bonds. The first-order chi connectivity index (χ1) is 13.9. The second-order valence-corrected chi connectivity index (χ2v) is 15.2. The summed E-state index contributed by atoms with van der Waals surface area (Å²) in [6, 6.07) is 4.52. The van der Waals surface area contributed by atoms with Gasteiger partial charge in [-0.2, -0.15) is 0 Å². The predicted octanol–water partition coefficient (Wildman–Crippen LogP) is 5.08. The van der Waals surface area contributed by atoms with Crippen LogP contribution >= 0.6 is 0 Å². The maximum Gasteiger partial charge on any atom is 0.500 e. The molecular weight excluding hydrogens is 402 g/mol. The van der Waals surface area contributed by atoms with Gasteiger partial charge in [0.15, 0.2) is 0 Å². The molecule has 0 aliphatic rings. The summed E-state index contributed by atoms with van der Waals surface area (Å²) in [4.78, 5) is 11.9. The third kappa shape index (κ3) is 10.1. The van der Waals surface area contributed by atoms with Crippen molar-refractivity contribution in [1.29, 1.82) is 0 Å². The van der Waals surface area contributed by atoms with Crippen molar-refractivity contribution in [2.24, 2.45) is 0 Å². The number of ether oxygens (including phenoxy) is 1. The average Bonchev–Trinajstić information content (AvgIpc) is 2.71. The SMILES string of the molecule is CCOC(=O)CCN(CCCC[Si](OCC)(OCC)OCC)[Si](CC)(CC)CC. The van der Waals surface area contributed by atoms with E-state index in [0.717, 1.165) is 32.0 Å². The monoisotopic (exact) mass is 449 g/mol. The highest BCUT2D eigenvalue weighted by Crippen LogP contribution is 2.27. The number of rotatable bonds is 19. The van der Waals surface area contributed by atoms with E-state index in [-0.39, 0.29) is 5.97 Å². The summed E-state index contributed by atoms with van der Waals surface area (Å²) in [7, 11) is -4.10. The minimum atomic E-state index is -2.57. The van der Waals surface area contributed by atoms with E-state index in [9.17, 15) is 4.79 Å². The van der Waals surface area contributed by atoms with Crippen molar-refractivity contribution in [3.63, 3.8) is 0 Å². The molecule has 29 heavy (non-hydrogen) atoms. The Labute approximate surface area is 182 Å². The Balaban J connectivity index is 4.99. The highest BCUT2D eigenvalue weighted by Gasteiger charge is 2.40. The van der Waals surface area contributed by atoms with Crippen LogP contribution in [-0.2, 0) is 22.8 Å². The molecule has 0 saturated heterocycles. The average molecular weight is 450 g/mol. The largest absolute Gasteiger partial charge is 0.500 e. The Bertz CT molecular complexity index is 397. The van der Waals surface area contributed by atoms with Crippen molar-refractivity contribution in [2.75, 3.05) is 39.5 Å².